The van der Waals surface area contributed by atoms with Gasteiger partial charge in [0.05, 0.1) is 6.04 Å². The molecule has 5 heteroatoms. The molecule has 16 heavy (non-hydrogen) atoms. The minimum atomic E-state index is -0.971. The van der Waals surface area contributed by atoms with Crippen molar-refractivity contribution < 1.29 is 9.59 Å². The largest absolute Gasteiger partial charge is 0.368 e. The highest BCUT2D eigenvalue weighted by molar-refractivity contribution is 5.91. The van der Waals surface area contributed by atoms with Gasteiger partial charge < -0.3 is 16.4 Å². The lowest BCUT2D eigenvalue weighted by molar-refractivity contribution is -0.132. The molecule has 0 saturated carbocycles. The Labute approximate surface area is 97.2 Å². The molecular formula is C11H23N3O2. The van der Waals surface area contributed by atoms with Gasteiger partial charge in [0.25, 0.3) is 0 Å². The average molecular weight is 229 g/mol. The van der Waals surface area contributed by atoms with Gasteiger partial charge in [-0.05, 0) is 26.3 Å². The van der Waals surface area contributed by atoms with Crippen molar-refractivity contribution in [2.45, 2.75) is 45.7 Å². The van der Waals surface area contributed by atoms with E-state index in [0.29, 0.717) is 6.42 Å². The molecule has 5 nitrogen and oxygen atoms in total. The summed E-state index contributed by atoms with van der Waals surface area (Å²) < 4.78 is 0. The molecule has 2 amide bonds. The molecule has 0 aliphatic rings. The Balaban J connectivity index is 4.70. The van der Waals surface area contributed by atoms with Crippen LogP contribution in [0.4, 0.5) is 0 Å². The van der Waals surface area contributed by atoms with Gasteiger partial charge in [-0.15, -0.1) is 0 Å². The third-order valence-corrected chi connectivity index (χ3v) is 2.91. The van der Waals surface area contributed by atoms with Crippen LogP contribution in [0.5, 0.6) is 0 Å². The van der Waals surface area contributed by atoms with Gasteiger partial charge in [-0.2, -0.15) is 0 Å². The van der Waals surface area contributed by atoms with Crippen molar-refractivity contribution in [3.8, 4) is 0 Å². The predicted octanol–water partition coefficient (Wildman–Crippen LogP) is 0.000600. The van der Waals surface area contributed by atoms with E-state index < -0.39 is 11.4 Å². The van der Waals surface area contributed by atoms with Gasteiger partial charge in [-0.25, -0.2) is 0 Å². The number of nitrogens with one attached hydrogen (secondary N) is 2. The van der Waals surface area contributed by atoms with E-state index in [1.165, 1.54) is 0 Å². The molecule has 0 spiro atoms. The van der Waals surface area contributed by atoms with Crippen LogP contribution >= 0.6 is 0 Å². The number of carbonyl (C=O) groups excluding carboxylic acids is 2. The van der Waals surface area contributed by atoms with E-state index in [0.717, 1.165) is 0 Å². The van der Waals surface area contributed by atoms with Crippen LogP contribution in [0.1, 0.15) is 34.1 Å². The lowest BCUT2D eigenvalue weighted by Crippen LogP contribution is -2.59. The van der Waals surface area contributed by atoms with Gasteiger partial charge in [0.15, 0.2) is 0 Å². The van der Waals surface area contributed by atoms with E-state index in [1.54, 1.807) is 14.0 Å². The van der Waals surface area contributed by atoms with E-state index in [9.17, 15) is 9.59 Å². The molecule has 0 heterocycles. The third-order valence-electron chi connectivity index (χ3n) is 2.91. The first kappa shape index (κ1) is 14.9. The number of amides is 2. The zero-order valence-electron chi connectivity index (χ0n) is 10.8. The molecule has 0 saturated heterocycles. The van der Waals surface area contributed by atoms with Crippen LogP contribution in [-0.4, -0.2) is 30.4 Å². The van der Waals surface area contributed by atoms with Crippen LogP contribution in [0.2, 0.25) is 0 Å². The van der Waals surface area contributed by atoms with Gasteiger partial charge in [-0.1, -0.05) is 20.8 Å². The number of likely N-dealkylation sites (N-methyl/N-ethyl adjacent to an activating group) is 1. The van der Waals surface area contributed by atoms with Crippen LogP contribution in [-0.2, 0) is 9.59 Å². The molecular weight excluding hydrogens is 206 g/mol. The summed E-state index contributed by atoms with van der Waals surface area (Å²) in [4.78, 5) is 23.2. The summed E-state index contributed by atoms with van der Waals surface area (Å²) in [6, 6.07) is -0.315. The van der Waals surface area contributed by atoms with Gasteiger partial charge in [-0.3, -0.25) is 9.59 Å². The van der Waals surface area contributed by atoms with Crippen molar-refractivity contribution >= 4 is 11.8 Å². The second-order valence-corrected chi connectivity index (χ2v) is 4.55. The predicted molar refractivity (Wildman–Crippen MR) is 63.7 cm³/mol. The lowest BCUT2D eigenvalue weighted by Gasteiger charge is -2.29. The maximum atomic E-state index is 11.9. The fourth-order valence-corrected chi connectivity index (χ4v) is 1.44. The number of hydrogen-bond donors (Lipinski definition) is 3. The van der Waals surface area contributed by atoms with E-state index >= 15 is 0 Å². The van der Waals surface area contributed by atoms with Crippen molar-refractivity contribution in [3.05, 3.63) is 0 Å². The van der Waals surface area contributed by atoms with Gasteiger partial charge in [0, 0.05) is 0 Å². The number of carbonyl (C=O) groups is 2. The Bertz CT molecular complexity index is 266. The summed E-state index contributed by atoms with van der Waals surface area (Å²) in [5, 5.41) is 5.62. The summed E-state index contributed by atoms with van der Waals surface area (Å²) in [6.07, 6.45) is 0.475. The van der Waals surface area contributed by atoms with Crippen LogP contribution in [0.3, 0.4) is 0 Å². The summed E-state index contributed by atoms with van der Waals surface area (Å²) >= 11 is 0. The van der Waals surface area contributed by atoms with Crippen molar-refractivity contribution in [2.24, 2.45) is 11.7 Å². The number of rotatable bonds is 6. The van der Waals surface area contributed by atoms with Crippen molar-refractivity contribution in [3.63, 3.8) is 0 Å². The van der Waals surface area contributed by atoms with E-state index in [1.807, 2.05) is 20.8 Å². The summed E-state index contributed by atoms with van der Waals surface area (Å²) in [6.45, 7) is 7.33. The second kappa shape index (κ2) is 5.84. The highest BCUT2D eigenvalue weighted by atomic mass is 16.2. The standard InChI is InChI=1S/C11H23N3O2/c1-6-11(4,10(12)16)14-9(15)8(13-5)7(2)3/h7-8,13H,6H2,1-5H3,(H2,12,16)(H,14,15). The topological polar surface area (TPSA) is 84.2 Å². The number of primary amides is 1. The van der Waals surface area contributed by atoms with Crippen LogP contribution < -0.4 is 16.4 Å². The zero-order chi connectivity index (χ0) is 12.9. The average Bonchev–Trinajstić information content (AvgIpc) is 2.17. The molecule has 0 radical (unpaired) electrons. The van der Waals surface area contributed by atoms with Gasteiger partial charge in [0.2, 0.25) is 11.8 Å². The van der Waals surface area contributed by atoms with Crippen LogP contribution in [0.25, 0.3) is 0 Å². The Hall–Kier alpha value is -1.10. The first-order chi connectivity index (χ1) is 7.28. The molecule has 0 aromatic rings. The second-order valence-electron chi connectivity index (χ2n) is 4.55. The number of hydrogen-bond acceptors (Lipinski definition) is 3. The molecule has 0 aromatic heterocycles. The minimum Gasteiger partial charge on any atom is -0.368 e. The fourth-order valence-electron chi connectivity index (χ4n) is 1.44. The van der Waals surface area contributed by atoms with E-state index in [4.69, 9.17) is 5.73 Å². The molecule has 0 rings (SSSR count). The smallest absolute Gasteiger partial charge is 0.242 e. The quantitative estimate of drug-likeness (QED) is 0.599. The molecule has 4 N–H and O–H groups in total. The normalized spacial score (nSPS) is 16.6. The highest BCUT2D eigenvalue weighted by Gasteiger charge is 2.33. The Morgan fingerprint density at radius 2 is 1.88 bits per heavy atom. The van der Waals surface area contributed by atoms with Crippen molar-refractivity contribution in [1.29, 1.82) is 0 Å². The minimum absolute atomic E-state index is 0.152. The number of nitrogens with two attached hydrogens (primary N) is 1. The molecule has 0 aliphatic heterocycles. The first-order valence-electron chi connectivity index (χ1n) is 5.57. The fraction of sp³-hybridized carbons (Fsp3) is 0.818. The molecule has 0 bridgehead atoms. The van der Waals surface area contributed by atoms with Gasteiger partial charge >= 0.3 is 0 Å². The molecule has 0 fully saturated rings. The summed E-state index contributed by atoms with van der Waals surface area (Å²) in [5.74, 6) is -0.554. The molecule has 2 unspecified atom stereocenters. The highest BCUT2D eigenvalue weighted by Crippen LogP contribution is 2.10. The maximum absolute atomic E-state index is 11.9. The van der Waals surface area contributed by atoms with Crippen molar-refractivity contribution in [2.75, 3.05) is 7.05 Å². The Morgan fingerprint density at radius 1 is 1.38 bits per heavy atom. The summed E-state index contributed by atoms with van der Waals surface area (Å²) in [5.41, 5.74) is 4.30. The summed E-state index contributed by atoms with van der Waals surface area (Å²) in [7, 11) is 1.72. The Kier molecular flexibility index (Phi) is 5.44. The molecule has 0 aromatic carbocycles. The third kappa shape index (κ3) is 3.48. The molecule has 2 atom stereocenters. The van der Waals surface area contributed by atoms with E-state index in [-0.39, 0.29) is 17.9 Å². The van der Waals surface area contributed by atoms with Crippen LogP contribution in [0.15, 0.2) is 0 Å². The molecule has 94 valence electrons. The zero-order valence-corrected chi connectivity index (χ0v) is 10.8. The first-order valence-corrected chi connectivity index (χ1v) is 5.57. The SMILES string of the molecule is CCC(C)(NC(=O)C(NC)C(C)C)C(N)=O. The van der Waals surface area contributed by atoms with Gasteiger partial charge in [0.1, 0.15) is 5.54 Å². The maximum Gasteiger partial charge on any atom is 0.242 e. The van der Waals surface area contributed by atoms with Crippen molar-refractivity contribution in [1.82, 2.24) is 10.6 Å². The van der Waals surface area contributed by atoms with Crippen LogP contribution in [0, 0.1) is 5.92 Å². The monoisotopic (exact) mass is 229 g/mol. The lowest BCUT2D eigenvalue weighted by atomic mass is 9.96. The van der Waals surface area contributed by atoms with E-state index in [2.05, 4.69) is 10.6 Å². The molecule has 0 aliphatic carbocycles. The Morgan fingerprint density at radius 3 is 2.12 bits per heavy atom.